The molecule has 0 spiro atoms. The zero-order chi connectivity index (χ0) is 13.7. The number of amides is 1. The van der Waals surface area contributed by atoms with E-state index in [1.165, 1.54) is 11.3 Å². The molecule has 19 heavy (non-hydrogen) atoms. The van der Waals surface area contributed by atoms with Gasteiger partial charge in [0.25, 0.3) is 0 Å². The first-order chi connectivity index (χ1) is 9.26. The Kier molecular flexibility index (Phi) is 4.39. The first-order valence-electron chi connectivity index (χ1n) is 6.58. The number of para-hydroxylation sites is 1. The zero-order valence-corrected chi connectivity index (χ0v) is 11.2. The Labute approximate surface area is 114 Å². The fraction of sp³-hybridized carbons (Fsp3) is 0.312. The number of carbonyl (C=O) groups is 1. The predicted octanol–water partition coefficient (Wildman–Crippen LogP) is 2.25. The summed E-state index contributed by atoms with van der Waals surface area (Å²) in [4.78, 5) is 16.2. The van der Waals surface area contributed by atoms with Crippen molar-refractivity contribution in [2.24, 2.45) is 0 Å². The molecule has 0 fully saturated rings. The largest absolute Gasteiger partial charge is 0.362 e. The van der Waals surface area contributed by atoms with E-state index in [2.05, 4.69) is 30.2 Å². The summed E-state index contributed by atoms with van der Waals surface area (Å²) in [5.74, 6) is 0.122. The van der Waals surface area contributed by atoms with Crippen LogP contribution in [-0.4, -0.2) is 37.0 Å². The molecule has 1 aliphatic heterocycles. The van der Waals surface area contributed by atoms with Crippen molar-refractivity contribution >= 4 is 11.6 Å². The smallest absolute Gasteiger partial charge is 0.242 e. The van der Waals surface area contributed by atoms with Gasteiger partial charge in [0.05, 0.1) is 6.54 Å². The van der Waals surface area contributed by atoms with Crippen molar-refractivity contribution in [2.75, 3.05) is 31.1 Å². The summed E-state index contributed by atoms with van der Waals surface area (Å²) in [5, 5.41) is 0. The summed E-state index contributed by atoms with van der Waals surface area (Å²) in [6, 6.07) is 8.28. The fourth-order valence-electron chi connectivity index (χ4n) is 2.42. The molecule has 100 valence electrons. The Morgan fingerprint density at radius 1 is 1.26 bits per heavy atom. The first-order valence-corrected chi connectivity index (χ1v) is 6.58. The topological polar surface area (TPSA) is 23.6 Å². The van der Waals surface area contributed by atoms with Crippen molar-refractivity contribution in [1.29, 1.82) is 0 Å². The summed E-state index contributed by atoms with van der Waals surface area (Å²) in [7, 11) is 0. The van der Waals surface area contributed by atoms with E-state index >= 15 is 0 Å². The van der Waals surface area contributed by atoms with Crippen LogP contribution in [-0.2, 0) is 11.2 Å². The highest BCUT2D eigenvalue weighted by Gasteiger charge is 2.22. The Bertz CT molecular complexity index is 471. The SMILES string of the molecule is C=CCN(CC=C)C(=O)CN1CCc2ccccc21. The predicted molar refractivity (Wildman–Crippen MR) is 79.3 cm³/mol. The second-order valence-electron chi connectivity index (χ2n) is 4.68. The van der Waals surface area contributed by atoms with E-state index in [4.69, 9.17) is 0 Å². The molecule has 0 saturated heterocycles. The van der Waals surface area contributed by atoms with Crippen LogP contribution in [0.4, 0.5) is 5.69 Å². The summed E-state index contributed by atoms with van der Waals surface area (Å²) in [6.45, 7) is 9.87. The van der Waals surface area contributed by atoms with Crippen molar-refractivity contribution in [3.8, 4) is 0 Å². The van der Waals surface area contributed by atoms with E-state index in [9.17, 15) is 4.79 Å². The molecule has 0 saturated carbocycles. The highest BCUT2D eigenvalue weighted by molar-refractivity contribution is 5.82. The molecule has 0 atom stereocenters. The van der Waals surface area contributed by atoms with Crippen molar-refractivity contribution in [1.82, 2.24) is 4.90 Å². The molecule has 3 nitrogen and oxygen atoms in total. The second kappa shape index (κ2) is 6.23. The number of rotatable bonds is 6. The van der Waals surface area contributed by atoms with Crippen LogP contribution >= 0.6 is 0 Å². The van der Waals surface area contributed by atoms with Gasteiger partial charge in [-0.25, -0.2) is 0 Å². The van der Waals surface area contributed by atoms with Crippen LogP contribution in [0.1, 0.15) is 5.56 Å². The minimum Gasteiger partial charge on any atom is -0.362 e. The molecule has 0 aliphatic carbocycles. The quantitative estimate of drug-likeness (QED) is 0.729. The minimum absolute atomic E-state index is 0.122. The minimum atomic E-state index is 0.122. The third kappa shape index (κ3) is 3.05. The van der Waals surface area contributed by atoms with Crippen molar-refractivity contribution < 1.29 is 4.79 Å². The molecule has 1 aromatic carbocycles. The van der Waals surface area contributed by atoms with Crippen LogP contribution in [0.5, 0.6) is 0 Å². The number of anilines is 1. The molecular weight excluding hydrogens is 236 g/mol. The van der Waals surface area contributed by atoms with Gasteiger partial charge in [0.1, 0.15) is 0 Å². The van der Waals surface area contributed by atoms with E-state index in [1.54, 1.807) is 17.1 Å². The Morgan fingerprint density at radius 2 is 1.95 bits per heavy atom. The maximum absolute atomic E-state index is 12.3. The molecule has 0 N–H and O–H groups in total. The van der Waals surface area contributed by atoms with Gasteiger partial charge in [-0.3, -0.25) is 4.79 Å². The van der Waals surface area contributed by atoms with Gasteiger partial charge in [-0.1, -0.05) is 30.4 Å². The number of fused-ring (bicyclic) bond motifs is 1. The van der Waals surface area contributed by atoms with Crippen molar-refractivity contribution in [3.63, 3.8) is 0 Å². The third-order valence-corrected chi connectivity index (χ3v) is 3.36. The van der Waals surface area contributed by atoms with Crippen LogP contribution in [0.15, 0.2) is 49.6 Å². The van der Waals surface area contributed by atoms with E-state index in [0.717, 1.165) is 13.0 Å². The summed E-state index contributed by atoms with van der Waals surface area (Å²) in [5.41, 5.74) is 2.52. The zero-order valence-electron chi connectivity index (χ0n) is 11.2. The van der Waals surface area contributed by atoms with Gasteiger partial charge in [0.15, 0.2) is 0 Å². The van der Waals surface area contributed by atoms with Gasteiger partial charge in [-0.15, -0.1) is 13.2 Å². The normalized spacial score (nSPS) is 12.9. The number of carbonyl (C=O) groups excluding carboxylic acids is 1. The Balaban J connectivity index is 2.03. The Hall–Kier alpha value is -2.03. The van der Waals surface area contributed by atoms with Crippen molar-refractivity contribution in [2.45, 2.75) is 6.42 Å². The van der Waals surface area contributed by atoms with Crippen LogP contribution in [0.3, 0.4) is 0 Å². The van der Waals surface area contributed by atoms with E-state index in [-0.39, 0.29) is 5.91 Å². The van der Waals surface area contributed by atoms with Crippen LogP contribution in [0.25, 0.3) is 0 Å². The molecular formula is C16H20N2O. The number of benzene rings is 1. The molecule has 1 amide bonds. The molecule has 1 aliphatic rings. The van der Waals surface area contributed by atoms with E-state index in [1.807, 2.05) is 12.1 Å². The van der Waals surface area contributed by atoms with E-state index in [0.29, 0.717) is 19.6 Å². The number of hydrogen-bond donors (Lipinski definition) is 0. The summed E-state index contributed by atoms with van der Waals surface area (Å²) in [6.07, 6.45) is 4.52. The van der Waals surface area contributed by atoms with E-state index < -0.39 is 0 Å². The maximum atomic E-state index is 12.3. The van der Waals surface area contributed by atoms with Gasteiger partial charge in [0, 0.05) is 25.3 Å². The maximum Gasteiger partial charge on any atom is 0.242 e. The van der Waals surface area contributed by atoms with Crippen LogP contribution < -0.4 is 4.90 Å². The molecule has 1 aromatic rings. The molecule has 2 rings (SSSR count). The lowest BCUT2D eigenvalue weighted by Crippen LogP contribution is -2.40. The van der Waals surface area contributed by atoms with Gasteiger partial charge >= 0.3 is 0 Å². The average molecular weight is 256 g/mol. The molecule has 0 radical (unpaired) electrons. The molecule has 0 aromatic heterocycles. The standard InChI is InChI=1S/C16H20N2O/c1-3-10-17(11-4-2)16(19)13-18-12-9-14-7-5-6-8-15(14)18/h3-8H,1-2,9-13H2. The highest BCUT2D eigenvalue weighted by atomic mass is 16.2. The number of hydrogen-bond acceptors (Lipinski definition) is 2. The molecule has 0 unspecified atom stereocenters. The lowest BCUT2D eigenvalue weighted by Gasteiger charge is -2.24. The number of nitrogens with zero attached hydrogens (tertiary/aromatic N) is 2. The summed E-state index contributed by atoms with van der Waals surface area (Å²) >= 11 is 0. The lowest BCUT2D eigenvalue weighted by molar-refractivity contribution is -0.128. The summed E-state index contributed by atoms with van der Waals surface area (Å²) < 4.78 is 0. The van der Waals surface area contributed by atoms with Gasteiger partial charge < -0.3 is 9.80 Å². The van der Waals surface area contributed by atoms with Gasteiger partial charge in [-0.05, 0) is 18.1 Å². The van der Waals surface area contributed by atoms with Crippen molar-refractivity contribution in [3.05, 3.63) is 55.1 Å². The first kappa shape index (κ1) is 13.4. The van der Waals surface area contributed by atoms with Gasteiger partial charge in [0.2, 0.25) is 5.91 Å². The monoisotopic (exact) mass is 256 g/mol. The average Bonchev–Trinajstić information content (AvgIpc) is 2.82. The third-order valence-electron chi connectivity index (χ3n) is 3.36. The highest BCUT2D eigenvalue weighted by Crippen LogP contribution is 2.26. The fourth-order valence-corrected chi connectivity index (χ4v) is 2.42. The molecule has 3 heteroatoms. The Morgan fingerprint density at radius 3 is 2.63 bits per heavy atom. The molecule has 1 heterocycles. The molecule has 0 bridgehead atoms. The van der Waals surface area contributed by atoms with Crippen LogP contribution in [0, 0.1) is 0 Å². The second-order valence-corrected chi connectivity index (χ2v) is 4.68. The van der Waals surface area contributed by atoms with Gasteiger partial charge in [-0.2, -0.15) is 0 Å². The van der Waals surface area contributed by atoms with Crippen LogP contribution in [0.2, 0.25) is 0 Å². The lowest BCUT2D eigenvalue weighted by atomic mass is 10.2.